The molecule has 1 atom stereocenters. The Morgan fingerprint density at radius 1 is 1.38 bits per heavy atom. The molecule has 0 aromatic heterocycles. The lowest BCUT2D eigenvalue weighted by Gasteiger charge is -2.36. The van der Waals surface area contributed by atoms with E-state index in [0.717, 1.165) is 13.1 Å². The zero-order chi connectivity index (χ0) is 16.9. The standard InChI is InChI=1S/C17H25FN2O3.ClH/c1-12(15-13(18)5-4-6-14(15)23-3)20-16(21)17(11-22-2)7-9-19-10-8-17;/h4-6,12,19H,7-11H2,1-3H3,(H,20,21);1H. The van der Waals surface area contributed by atoms with Gasteiger partial charge < -0.3 is 20.1 Å². The minimum atomic E-state index is -0.563. The van der Waals surface area contributed by atoms with Crippen LogP contribution in [0, 0.1) is 11.2 Å². The molecule has 2 rings (SSSR count). The molecule has 0 saturated carbocycles. The van der Waals surface area contributed by atoms with Crippen molar-refractivity contribution in [2.24, 2.45) is 5.41 Å². The van der Waals surface area contributed by atoms with Crippen LogP contribution in [0.4, 0.5) is 4.39 Å². The predicted molar refractivity (Wildman–Crippen MR) is 93.2 cm³/mol. The van der Waals surface area contributed by atoms with E-state index in [1.165, 1.54) is 13.2 Å². The summed E-state index contributed by atoms with van der Waals surface area (Å²) >= 11 is 0. The summed E-state index contributed by atoms with van der Waals surface area (Å²) in [6.45, 7) is 3.67. The molecule has 2 N–H and O–H groups in total. The van der Waals surface area contributed by atoms with E-state index in [1.54, 1.807) is 26.2 Å². The molecule has 1 amide bonds. The van der Waals surface area contributed by atoms with Gasteiger partial charge in [-0.3, -0.25) is 4.79 Å². The van der Waals surface area contributed by atoms with Gasteiger partial charge in [-0.15, -0.1) is 12.4 Å². The number of rotatable bonds is 6. The smallest absolute Gasteiger partial charge is 0.229 e. The zero-order valence-corrected chi connectivity index (χ0v) is 15.2. The Kier molecular flexibility index (Phi) is 7.93. The van der Waals surface area contributed by atoms with Crippen LogP contribution in [0.15, 0.2) is 18.2 Å². The summed E-state index contributed by atoms with van der Waals surface area (Å²) in [5.74, 6) is -0.0502. The molecule has 0 aliphatic carbocycles. The third kappa shape index (κ3) is 4.37. The van der Waals surface area contributed by atoms with E-state index in [0.29, 0.717) is 30.8 Å². The van der Waals surface area contributed by atoms with E-state index in [9.17, 15) is 9.18 Å². The van der Waals surface area contributed by atoms with Crippen LogP contribution >= 0.6 is 12.4 Å². The maximum Gasteiger partial charge on any atom is 0.229 e. The van der Waals surface area contributed by atoms with Gasteiger partial charge in [0.2, 0.25) is 5.91 Å². The number of hydrogen-bond acceptors (Lipinski definition) is 4. The van der Waals surface area contributed by atoms with E-state index in [-0.39, 0.29) is 24.1 Å². The minimum absolute atomic E-state index is 0. The fraction of sp³-hybridized carbons (Fsp3) is 0.588. The number of nitrogens with one attached hydrogen (secondary N) is 2. The number of piperidine rings is 1. The Morgan fingerprint density at radius 2 is 2.04 bits per heavy atom. The van der Waals surface area contributed by atoms with Crippen LogP contribution in [0.5, 0.6) is 5.75 Å². The van der Waals surface area contributed by atoms with Crippen LogP contribution in [0.1, 0.15) is 31.4 Å². The van der Waals surface area contributed by atoms with Crippen LogP contribution in [0.3, 0.4) is 0 Å². The number of carbonyl (C=O) groups excluding carboxylic acids is 1. The summed E-state index contributed by atoms with van der Waals surface area (Å²) < 4.78 is 24.7. The molecule has 1 aliphatic heterocycles. The number of hydrogen-bond donors (Lipinski definition) is 2. The van der Waals surface area contributed by atoms with Gasteiger partial charge in [0.1, 0.15) is 11.6 Å². The largest absolute Gasteiger partial charge is 0.496 e. The molecule has 0 radical (unpaired) electrons. The molecule has 136 valence electrons. The van der Waals surface area contributed by atoms with Crippen molar-refractivity contribution in [2.45, 2.75) is 25.8 Å². The van der Waals surface area contributed by atoms with Crippen molar-refractivity contribution in [1.82, 2.24) is 10.6 Å². The average Bonchev–Trinajstić information content (AvgIpc) is 2.55. The van der Waals surface area contributed by atoms with Crippen molar-refractivity contribution >= 4 is 18.3 Å². The summed E-state index contributed by atoms with van der Waals surface area (Å²) in [6, 6.07) is 4.17. The molecule has 1 saturated heterocycles. The van der Waals surface area contributed by atoms with E-state index in [2.05, 4.69) is 10.6 Å². The van der Waals surface area contributed by atoms with Crippen molar-refractivity contribution in [3.8, 4) is 5.75 Å². The highest BCUT2D eigenvalue weighted by Gasteiger charge is 2.40. The molecule has 1 fully saturated rings. The second kappa shape index (κ2) is 9.20. The van der Waals surface area contributed by atoms with Crippen molar-refractivity contribution in [3.63, 3.8) is 0 Å². The first-order valence-corrected chi connectivity index (χ1v) is 7.87. The molecule has 1 aliphatic rings. The first-order chi connectivity index (χ1) is 11.0. The Morgan fingerprint density at radius 3 is 2.62 bits per heavy atom. The summed E-state index contributed by atoms with van der Waals surface area (Å²) in [4.78, 5) is 12.8. The van der Waals surface area contributed by atoms with Crippen molar-refractivity contribution in [3.05, 3.63) is 29.6 Å². The number of benzene rings is 1. The minimum Gasteiger partial charge on any atom is -0.496 e. The second-order valence-corrected chi connectivity index (χ2v) is 6.01. The normalized spacial score (nSPS) is 17.5. The van der Waals surface area contributed by atoms with Crippen LogP contribution in [0.2, 0.25) is 0 Å². The van der Waals surface area contributed by atoms with E-state index in [4.69, 9.17) is 9.47 Å². The number of methoxy groups -OCH3 is 2. The lowest BCUT2D eigenvalue weighted by Crippen LogP contribution is -2.50. The fourth-order valence-corrected chi connectivity index (χ4v) is 3.16. The average molecular weight is 361 g/mol. The Hall–Kier alpha value is -1.37. The van der Waals surface area contributed by atoms with Gasteiger partial charge >= 0.3 is 0 Å². The monoisotopic (exact) mass is 360 g/mol. The molecule has 1 aromatic carbocycles. The van der Waals surface area contributed by atoms with Gasteiger partial charge in [0.15, 0.2) is 0 Å². The molecule has 5 nitrogen and oxygen atoms in total. The SMILES string of the molecule is COCC1(C(=O)NC(C)c2c(F)cccc2OC)CCNCC1.Cl. The summed E-state index contributed by atoms with van der Waals surface area (Å²) in [7, 11) is 3.09. The van der Waals surface area contributed by atoms with Crippen molar-refractivity contribution < 1.29 is 18.7 Å². The van der Waals surface area contributed by atoms with Gasteiger partial charge in [0, 0.05) is 7.11 Å². The molecule has 24 heavy (non-hydrogen) atoms. The maximum atomic E-state index is 14.2. The number of ether oxygens (including phenoxy) is 2. The van der Waals surface area contributed by atoms with E-state index in [1.807, 2.05) is 0 Å². The Bertz CT molecular complexity index is 545. The van der Waals surface area contributed by atoms with Gasteiger partial charge in [0.25, 0.3) is 0 Å². The highest BCUT2D eigenvalue weighted by atomic mass is 35.5. The van der Waals surface area contributed by atoms with Gasteiger partial charge in [-0.05, 0) is 45.0 Å². The highest BCUT2D eigenvalue weighted by Crippen LogP contribution is 2.32. The molecule has 1 aromatic rings. The van der Waals surface area contributed by atoms with Gasteiger partial charge in [0.05, 0.1) is 30.7 Å². The molecule has 0 bridgehead atoms. The lowest BCUT2D eigenvalue weighted by atomic mass is 9.78. The number of halogens is 2. The second-order valence-electron chi connectivity index (χ2n) is 6.01. The highest BCUT2D eigenvalue weighted by molar-refractivity contribution is 5.85. The molecule has 0 spiro atoms. The molecule has 1 unspecified atom stereocenters. The summed E-state index contributed by atoms with van der Waals surface area (Å²) in [5, 5.41) is 6.19. The fourth-order valence-electron chi connectivity index (χ4n) is 3.16. The third-order valence-electron chi connectivity index (χ3n) is 4.48. The zero-order valence-electron chi connectivity index (χ0n) is 14.4. The van der Waals surface area contributed by atoms with E-state index < -0.39 is 11.5 Å². The maximum absolute atomic E-state index is 14.2. The molecular weight excluding hydrogens is 335 g/mol. The molecular formula is C17H26ClFN2O3. The molecule has 1 heterocycles. The van der Waals surface area contributed by atoms with Crippen molar-refractivity contribution in [1.29, 1.82) is 0 Å². The first-order valence-electron chi connectivity index (χ1n) is 7.87. The van der Waals surface area contributed by atoms with Gasteiger partial charge in [-0.25, -0.2) is 4.39 Å². The third-order valence-corrected chi connectivity index (χ3v) is 4.48. The molecule has 7 heteroatoms. The van der Waals surface area contributed by atoms with Crippen LogP contribution < -0.4 is 15.4 Å². The van der Waals surface area contributed by atoms with Crippen LogP contribution in [-0.2, 0) is 9.53 Å². The number of carbonyl (C=O) groups is 1. The first kappa shape index (κ1) is 20.7. The van der Waals surface area contributed by atoms with Crippen LogP contribution in [0.25, 0.3) is 0 Å². The van der Waals surface area contributed by atoms with Gasteiger partial charge in [-0.2, -0.15) is 0 Å². The predicted octanol–water partition coefficient (Wildman–Crippen LogP) is 2.45. The van der Waals surface area contributed by atoms with Gasteiger partial charge in [-0.1, -0.05) is 6.07 Å². The summed E-state index contributed by atoms with van der Waals surface area (Å²) in [5.41, 5.74) is -0.197. The lowest BCUT2D eigenvalue weighted by molar-refractivity contribution is -0.136. The van der Waals surface area contributed by atoms with E-state index >= 15 is 0 Å². The topological polar surface area (TPSA) is 59.6 Å². The Labute approximate surface area is 148 Å². The van der Waals surface area contributed by atoms with Crippen molar-refractivity contribution in [2.75, 3.05) is 33.9 Å². The Balaban J connectivity index is 0.00000288. The number of amides is 1. The van der Waals surface area contributed by atoms with Crippen LogP contribution in [-0.4, -0.2) is 39.8 Å². The quantitative estimate of drug-likeness (QED) is 0.818. The summed E-state index contributed by atoms with van der Waals surface area (Å²) in [6.07, 6.45) is 1.40.